The lowest BCUT2D eigenvalue weighted by Gasteiger charge is -2.29. The molecule has 0 amide bonds. The van der Waals surface area contributed by atoms with E-state index < -0.39 is 40.9 Å². The Morgan fingerprint density at radius 3 is 2.00 bits per heavy atom. The fourth-order valence-corrected chi connectivity index (χ4v) is 3.10. The van der Waals surface area contributed by atoms with Gasteiger partial charge >= 0.3 is 15.6 Å². The van der Waals surface area contributed by atoms with E-state index in [1.807, 2.05) is 0 Å². The number of rotatable bonds is 10. The van der Waals surface area contributed by atoms with Crippen molar-refractivity contribution >= 4 is 15.6 Å². The van der Waals surface area contributed by atoms with E-state index in [2.05, 4.69) is 8.83 Å². The highest BCUT2D eigenvalue weighted by Crippen LogP contribution is 2.57. The number of aliphatic hydroxyl groups is 2. The molecule has 0 aliphatic rings. The maximum atomic E-state index is 11.4. The van der Waals surface area contributed by atoms with Crippen molar-refractivity contribution in [3.63, 3.8) is 0 Å². The molecule has 0 fully saturated rings. The summed E-state index contributed by atoms with van der Waals surface area (Å²) in [6.45, 7) is -2.36. The van der Waals surface area contributed by atoms with E-state index in [-0.39, 0.29) is 6.61 Å². The fourth-order valence-electron chi connectivity index (χ4n) is 1.40. The van der Waals surface area contributed by atoms with Crippen LogP contribution in [0.3, 0.4) is 0 Å². The summed E-state index contributed by atoms with van der Waals surface area (Å²) in [6.07, 6.45) is 0. The van der Waals surface area contributed by atoms with Crippen LogP contribution in [0.1, 0.15) is 0 Å². The van der Waals surface area contributed by atoms with E-state index in [4.69, 9.17) is 14.5 Å². The summed E-state index contributed by atoms with van der Waals surface area (Å²) in [6, 6.07) is 8.38. The molecule has 0 radical (unpaired) electrons. The van der Waals surface area contributed by atoms with Gasteiger partial charge in [0.1, 0.15) is 12.4 Å². The number of benzene rings is 1. The second kappa shape index (κ2) is 8.34. The van der Waals surface area contributed by atoms with Gasteiger partial charge in [0.15, 0.2) is 0 Å². The van der Waals surface area contributed by atoms with E-state index >= 15 is 0 Å². The van der Waals surface area contributed by atoms with Gasteiger partial charge in [0, 0.05) is 0 Å². The Balaban J connectivity index is 2.69. The molecule has 5 N–H and O–H groups in total. The quantitative estimate of drug-likeness (QED) is 0.360. The molecule has 1 atom stereocenters. The largest absolute Gasteiger partial charge is 0.493 e. The lowest BCUT2D eigenvalue weighted by Crippen LogP contribution is -2.40. The first-order chi connectivity index (χ1) is 10.6. The first-order valence-corrected chi connectivity index (χ1v) is 9.28. The molecule has 23 heavy (non-hydrogen) atoms. The van der Waals surface area contributed by atoms with Gasteiger partial charge in [0.25, 0.3) is 0 Å². The van der Waals surface area contributed by atoms with Gasteiger partial charge in [-0.1, -0.05) is 18.2 Å². The van der Waals surface area contributed by atoms with Crippen LogP contribution in [-0.2, 0) is 18.0 Å². The summed E-state index contributed by atoms with van der Waals surface area (Å²) >= 11 is 0. The number of phosphoric acid groups is 2. The smallest absolute Gasteiger partial charge is 0.481 e. The Hall–Kier alpha value is -0.800. The highest BCUT2D eigenvalue weighted by atomic mass is 31.3. The van der Waals surface area contributed by atoms with Crippen LogP contribution in [0, 0.1) is 5.41 Å². The normalized spacial score (nSPS) is 15.2. The monoisotopic (exact) mass is 372 g/mol. The van der Waals surface area contributed by atoms with Crippen LogP contribution in [-0.4, -0.2) is 51.3 Å². The van der Waals surface area contributed by atoms with E-state index in [0.717, 1.165) is 0 Å². The standard InChI is InChI=1S/C11H18O10P2/c12-6-11(7-13,8-19-10-4-2-1-3-5-10)9-20-23(17,18)21-22(14,15)16/h1-5,12-13H,6-9H2,(H,17,18)(H2,14,15,16). The van der Waals surface area contributed by atoms with E-state index in [1.54, 1.807) is 30.3 Å². The molecule has 0 heterocycles. The van der Waals surface area contributed by atoms with Gasteiger partial charge in [-0.3, -0.25) is 4.52 Å². The summed E-state index contributed by atoms with van der Waals surface area (Å²) in [5.41, 5.74) is -1.48. The van der Waals surface area contributed by atoms with Crippen LogP contribution in [0.15, 0.2) is 30.3 Å². The molecule has 0 saturated heterocycles. The molecule has 0 aliphatic carbocycles. The molecule has 1 unspecified atom stereocenters. The molecule has 0 aliphatic heterocycles. The van der Waals surface area contributed by atoms with Crippen LogP contribution in [0.4, 0.5) is 0 Å². The zero-order valence-electron chi connectivity index (χ0n) is 11.9. The summed E-state index contributed by atoms with van der Waals surface area (Å²) in [4.78, 5) is 26.2. The van der Waals surface area contributed by atoms with E-state index in [0.29, 0.717) is 5.75 Å². The Labute approximate surface area is 132 Å². The van der Waals surface area contributed by atoms with Crippen molar-refractivity contribution in [2.24, 2.45) is 5.41 Å². The lowest BCUT2D eigenvalue weighted by molar-refractivity contribution is -0.0249. The molecule has 10 nitrogen and oxygen atoms in total. The van der Waals surface area contributed by atoms with Crippen LogP contribution < -0.4 is 4.74 Å². The van der Waals surface area contributed by atoms with Crippen LogP contribution in [0.25, 0.3) is 0 Å². The first kappa shape index (κ1) is 20.2. The van der Waals surface area contributed by atoms with Gasteiger partial charge in [0.2, 0.25) is 0 Å². The summed E-state index contributed by atoms with van der Waals surface area (Å²) < 4.78 is 35.4. The van der Waals surface area contributed by atoms with Crippen molar-refractivity contribution in [1.29, 1.82) is 0 Å². The second-order valence-electron chi connectivity index (χ2n) is 4.73. The Morgan fingerprint density at radius 2 is 1.52 bits per heavy atom. The summed E-state index contributed by atoms with van der Waals surface area (Å²) in [5, 5.41) is 18.8. The van der Waals surface area contributed by atoms with Gasteiger partial charge in [-0.25, -0.2) is 9.13 Å². The SMILES string of the molecule is O=P(O)(O)OP(=O)(O)OCC(CO)(CO)COc1ccccc1. The number of aliphatic hydroxyl groups excluding tert-OH is 2. The van der Waals surface area contributed by atoms with Crippen molar-refractivity contribution in [2.75, 3.05) is 26.4 Å². The number of phosphoric ester groups is 1. The predicted molar refractivity (Wildman–Crippen MR) is 77.4 cm³/mol. The van der Waals surface area contributed by atoms with Crippen molar-refractivity contribution in [3.8, 4) is 5.75 Å². The molecule has 0 bridgehead atoms. The molecule has 1 rings (SSSR count). The third-order valence-electron chi connectivity index (χ3n) is 2.70. The summed E-state index contributed by atoms with van der Waals surface area (Å²) in [5.74, 6) is 0.428. The maximum absolute atomic E-state index is 11.4. The molecule has 1 aromatic carbocycles. The molecular weight excluding hydrogens is 354 g/mol. The topological polar surface area (TPSA) is 163 Å². The highest BCUT2D eigenvalue weighted by Gasteiger charge is 2.38. The zero-order valence-corrected chi connectivity index (χ0v) is 13.7. The van der Waals surface area contributed by atoms with Gasteiger partial charge in [-0.15, -0.1) is 0 Å². The Kier molecular flexibility index (Phi) is 7.34. The average Bonchev–Trinajstić information content (AvgIpc) is 2.47. The third kappa shape index (κ3) is 7.54. The second-order valence-corrected chi connectivity index (χ2v) is 7.56. The fraction of sp³-hybridized carbons (Fsp3) is 0.455. The molecule has 0 aromatic heterocycles. The maximum Gasteiger partial charge on any atom is 0.481 e. The third-order valence-corrected chi connectivity index (χ3v) is 4.83. The molecule has 1 aromatic rings. The molecule has 0 saturated carbocycles. The number of ether oxygens (including phenoxy) is 1. The zero-order chi connectivity index (χ0) is 17.6. The minimum atomic E-state index is -5.24. The van der Waals surface area contributed by atoms with Gasteiger partial charge < -0.3 is 29.6 Å². The van der Waals surface area contributed by atoms with Crippen LogP contribution >= 0.6 is 15.6 Å². The van der Waals surface area contributed by atoms with E-state index in [1.165, 1.54) is 0 Å². The van der Waals surface area contributed by atoms with Crippen molar-refractivity contribution < 1.29 is 47.6 Å². The van der Waals surface area contributed by atoms with Crippen molar-refractivity contribution in [1.82, 2.24) is 0 Å². The van der Waals surface area contributed by atoms with Crippen LogP contribution in [0.5, 0.6) is 5.75 Å². The van der Waals surface area contributed by atoms with Gasteiger partial charge in [0.05, 0.1) is 25.2 Å². The van der Waals surface area contributed by atoms with E-state index in [9.17, 15) is 24.2 Å². The van der Waals surface area contributed by atoms with Gasteiger partial charge in [-0.2, -0.15) is 4.31 Å². The first-order valence-electron chi connectivity index (χ1n) is 6.25. The molecule has 132 valence electrons. The predicted octanol–water partition coefficient (Wildman–Crippen LogP) is 0.263. The molecule has 12 heteroatoms. The van der Waals surface area contributed by atoms with Crippen molar-refractivity contribution in [2.45, 2.75) is 0 Å². The number of para-hydroxylation sites is 1. The lowest BCUT2D eigenvalue weighted by atomic mass is 9.93. The molecular formula is C11H18O10P2. The number of hydrogen-bond donors (Lipinski definition) is 5. The van der Waals surface area contributed by atoms with Crippen LogP contribution in [0.2, 0.25) is 0 Å². The minimum Gasteiger partial charge on any atom is -0.493 e. The number of hydrogen-bond acceptors (Lipinski definition) is 7. The molecule has 0 spiro atoms. The minimum absolute atomic E-state index is 0.278. The van der Waals surface area contributed by atoms with Crippen molar-refractivity contribution in [3.05, 3.63) is 30.3 Å². The van der Waals surface area contributed by atoms with Gasteiger partial charge in [-0.05, 0) is 12.1 Å². The summed E-state index contributed by atoms with van der Waals surface area (Å²) in [7, 11) is -10.3. The Bertz CT molecular complexity index is 567. The average molecular weight is 372 g/mol. The Morgan fingerprint density at radius 1 is 0.957 bits per heavy atom. The highest BCUT2D eigenvalue weighted by molar-refractivity contribution is 7.60.